The molecule has 1 fully saturated rings. The number of halogens is 1. The van der Waals surface area contributed by atoms with Gasteiger partial charge in [0.05, 0.1) is 11.7 Å². The molecule has 1 aliphatic rings. The van der Waals surface area contributed by atoms with Crippen LogP contribution in [0.15, 0.2) is 30.7 Å². The first-order chi connectivity index (χ1) is 10.7. The highest BCUT2D eigenvalue weighted by Crippen LogP contribution is 2.26. The number of alkyl halides is 1. The first-order valence-electron chi connectivity index (χ1n) is 7.05. The van der Waals surface area contributed by atoms with Crippen molar-refractivity contribution in [2.45, 2.75) is 18.4 Å². The van der Waals surface area contributed by atoms with Gasteiger partial charge in [0.2, 0.25) is 0 Å². The lowest BCUT2D eigenvalue weighted by Gasteiger charge is -2.35. The predicted molar refractivity (Wildman–Crippen MR) is 81.6 cm³/mol. The van der Waals surface area contributed by atoms with Gasteiger partial charge in [-0.15, -0.1) is 11.3 Å². The number of hydrogen-bond donors (Lipinski definition) is 1. The zero-order valence-corrected chi connectivity index (χ0v) is 12.7. The van der Waals surface area contributed by atoms with Crippen LogP contribution in [-0.4, -0.2) is 41.3 Å². The minimum atomic E-state index is -0.812. The summed E-state index contributed by atoms with van der Waals surface area (Å²) >= 11 is 1.28. The van der Waals surface area contributed by atoms with Gasteiger partial charge < -0.3 is 10.1 Å². The monoisotopic (exact) mass is 321 g/mol. The molecule has 0 spiro atoms. The van der Waals surface area contributed by atoms with Crippen LogP contribution >= 0.6 is 11.3 Å². The van der Waals surface area contributed by atoms with E-state index in [1.54, 1.807) is 12.4 Å². The van der Waals surface area contributed by atoms with Crippen LogP contribution in [-0.2, 0) is 4.74 Å². The van der Waals surface area contributed by atoms with Crippen LogP contribution in [0.5, 0.6) is 0 Å². The topological polar surface area (TPSA) is 64.1 Å². The molecule has 1 N–H and O–H groups in total. The maximum Gasteiger partial charge on any atom is 0.263 e. The van der Waals surface area contributed by atoms with Crippen LogP contribution in [0.1, 0.15) is 22.5 Å². The number of rotatable bonds is 4. The zero-order valence-electron chi connectivity index (χ0n) is 11.9. The lowest BCUT2D eigenvalue weighted by Crippen LogP contribution is -2.53. The summed E-state index contributed by atoms with van der Waals surface area (Å²) < 4.78 is 18.6. The Morgan fingerprint density at radius 3 is 2.91 bits per heavy atom. The largest absolute Gasteiger partial charge is 0.381 e. The van der Waals surface area contributed by atoms with Gasteiger partial charge in [0, 0.05) is 31.2 Å². The molecule has 1 saturated heterocycles. The molecule has 0 aromatic carbocycles. The van der Waals surface area contributed by atoms with Crippen LogP contribution in [0.4, 0.5) is 4.39 Å². The van der Waals surface area contributed by atoms with Gasteiger partial charge in [-0.2, -0.15) is 0 Å². The van der Waals surface area contributed by atoms with E-state index >= 15 is 0 Å². The third-order valence-corrected chi connectivity index (χ3v) is 4.77. The van der Waals surface area contributed by atoms with Gasteiger partial charge >= 0.3 is 0 Å². The van der Waals surface area contributed by atoms with E-state index < -0.39 is 12.2 Å². The van der Waals surface area contributed by atoms with E-state index in [0.29, 0.717) is 30.9 Å². The Morgan fingerprint density at radius 2 is 2.23 bits per heavy atom. The fourth-order valence-corrected chi connectivity index (χ4v) is 3.16. The van der Waals surface area contributed by atoms with Gasteiger partial charge in [-0.05, 0) is 25.0 Å². The van der Waals surface area contributed by atoms with Crippen LogP contribution < -0.4 is 5.32 Å². The first-order valence-corrected chi connectivity index (χ1v) is 7.87. The molecule has 22 heavy (non-hydrogen) atoms. The SMILES string of the molecule is O=C(NC1(CF)CCOCC1)c1cnc(-c2cccnc2)s1. The summed E-state index contributed by atoms with van der Waals surface area (Å²) in [5.41, 5.74) is 0.0474. The third kappa shape index (κ3) is 3.15. The molecule has 0 aliphatic carbocycles. The second-order valence-electron chi connectivity index (χ2n) is 5.25. The summed E-state index contributed by atoms with van der Waals surface area (Å²) in [6.45, 7) is 0.345. The third-order valence-electron chi connectivity index (χ3n) is 3.72. The Balaban J connectivity index is 1.74. The number of pyridine rings is 1. The molecule has 0 bridgehead atoms. The molecule has 5 nitrogen and oxygen atoms in total. The molecule has 1 aliphatic heterocycles. The van der Waals surface area contributed by atoms with Gasteiger partial charge in [-0.1, -0.05) is 0 Å². The number of nitrogens with zero attached hydrogens (tertiary/aromatic N) is 2. The average Bonchev–Trinajstić information content (AvgIpc) is 3.07. The number of nitrogens with one attached hydrogen (secondary N) is 1. The number of hydrogen-bond acceptors (Lipinski definition) is 5. The second kappa shape index (κ2) is 6.50. The van der Waals surface area contributed by atoms with Crippen LogP contribution in [0, 0.1) is 0 Å². The number of thiazole rings is 1. The molecule has 7 heteroatoms. The van der Waals surface area contributed by atoms with E-state index in [1.807, 2.05) is 12.1 Å². The number of ether oxygens (including phenoxy) is 1. The molecule has 3 heterocycles. The highest BCUT2D eigenvalue weighted by Gasteiger charge is 2.35. The van der Waals surface area contributed by atoms with Crippen molar-refractivity contribution in [2.75, 3.05) is 19.9 Å². The summed E-state index contributed by atoms with van der Waals surface area (Å²) in [6.07, 6.45) is 5.88. The molecule has 0 saturated carbocycles. The number of carbonyl (C=O) groups excluding carboxylic acids is 1. The Bertz CT molecular complexity index is 641. The van der Waals surface area contributed by atoms with Crippen molar-refractivity contribution in [3.8, 4) is 10.6 Å². The van der Waals surface area contributed by atoms with Crippen molar-refractivity contribution in [3.63, 3.8) is 0 Å². The fourth-order valence-electron chi connectivity index (χ4n) is 2.36. The summed E-state index contributed by atoms with van der Waals surface area (Å²) in [5, 5.41) is 3.55. The molecule has 0 atom stereocenters. The smallest absolute Gasteiger partial charge is 0.263 e. The molecule has 1 amide bonds. The van der Waals surface area contributed by atoms with Gasteiger partial charge in [0.25, 0.3) is 5.91 Å². The normalized spacial score (nSPS) is 17.1. The van der Waals surface area contributed by atoms with E-state index in [2.05, 4.69) is 15.3 Å². The Labute approximate surface area is 131 Å². The highest BCUT2D eigenvalue weighted by atomic mass is 32.1. The van der Waals surface area contributed by atoms with E-state index in [0.717, 1.165) is 10.6 Å². The second-order valence-corrected chi connectivity index (χ2v) is 6.28. The van der Waals surface area contributed by atoms with Crippen molar-refractivity contribution < 1.29 is 13.9 Å². The summed E-state index contributed by atoms with van der Waals surface area (Å²) in [5.74, 6) is -0.285. The van der Waals surface area contributed by atoms with Crippen molar-refractivity contribution in [3.05, 3.63) is 35.6 Å². The maximum absolute atomic E-state index is 13.4. The van der Waals surface area contributed by atoms with E-state index in [9.17, 15) is 9.18 Å². The highest BCUT2D eigenvalue weighted by molar-refractivity contribution is 7.16. The van der Waals surface area contributed by atoms with Crippen molar-refractivity contribution in [1.29, 1.82) is 0 Å². The molecule has 2 aromatic rings. The molecule has 116 valence electrons. The minimum Gasteiger partial charge on any atom is -0.381 e. The van der Waals surface area contributed by atoms with E-state index in [1.165, 1.54) is 17.5 Å². The average molecular weight is 321 g/mol. The van der Waals surface area contributed by atoms with Gasteiger partial charge in [-0.3, -0.25) is 9.78 Å². The van der Waals surface area contributed by atoms with Crippen LogP contribution in [0.25, 0.3) is 10.6 Å². The zero-order chi connectivity index (χ0) is 15.4. The van der Waals surface area contributed by atoms with Gasteiger partial charge in [0.1, 0.15) is 16.6 Å². The predicted octanol–water partition coefficient (Wildman–Crippen LogP) is 2.45. The van der Waals surface area contributed by atoms with Crippen LogP contribution in [0.3, 0.4) is 0 Å². The Hall–Kier alpha value is -1.86. The number of carbonyl (C=O) groups is 1. The molecule has 2 aromatic heterocycles. The minimum absolute atomic E-state index is 0.285. The van der Waals surface area contributed by atoms with Crippen molar-refractivity contribution >= 4 is 17.2 Å². The van der Waals surface area contributed by atoms with Crippen molar-refractivity contribution in [2.24, 2.45) is 0 Å². The maximum atomic E-state index is 13.4. The van der Waals surface area contributed by atoms with Crippen LogP contribution in [0.2, 0.25) is 0 Å². The Morgan fingerprint density at radius 1 is 1.41 bits per heavy atom. The van der Waals surface area contributed by atoms with Gasteiger partial charge in [0.15, 0.2) is 0 Å². The summed E-state index contributed by atoms with van der Waals surface area (Å²) in [6, 6.07) is 3.70. The van der Waals surface area contributed by atoms with E-state index in [4.69, 9.17) is 4.74 Å². The number of aromatic nitrogens is 2. The molecule has 0 radical (unpaired) electrons. The molecular weight excluding hydrogens is 305 g/mol. The molecular formula is C15H16FN3O2S. The lowest BCUT2D eigenvalue weighted by atomic mass is 9.91. The van der Waals surface area contributed by atoms with Gasteiger partial charge in [-0.25, -0.2) is 9.37 Å². The standard InChI is InChI=1S/C15H16FN3O2S/c16-10-15(3-6-21-7-4-15)19-13(20)12-9-18-14(22-12)11-2-1-5-17-8-11/h1-2,5,8-9H,3-4,6-7,10H2,(H,19,20). The fraction of sp³-hybridized carbons (Fsp3) is 0.400. The molecule has 0 unspecified atom stereocenters. The van der Waals surface area contributed by atoms with E-state index in [-0.39, 0.29) is 5.91 Å². The quantitative estimate of drug-likeness (QED) is 0.939. The first kappa shape index (κ1) is 15.1. The number of amides is 1. The van der Waals surface area contributed by atoms with Crippen molar-refractivity contribution in [1.82, 2.24) is 15.3 Å². The Kier molecular flexibility index (Phi) is 4.44. The lowest BCUT2D eigenvalue weighted by molar-refractivity contribution is 0.0267. The molecule has 3 rings (SSSR count). The summed E-state index contributed by atoms with van der Waals surface area (Å²) in [7, 11) is 0. The summed E-state index contributed by atoms with van der Waals surface area (Å²) in [4.78, 5) is 21.1.